The van der Waals surface area contributed by atoms with Crippen LogP contribution in [0.3, 0.4) is 0 Å². The van der Waals surface area contributed by atoms with Gasteiger partial charge in [0.1, 0.15) is 22.1 Å². The van der Waals surface area contributed by atoms with Crippen LogP contribution in [-0.4, -0.2) is 47.6 Å². The van der Waals surface area contributed by atoms with Crippen molar-refractivity contribution in [1.82, 2.24) is 14.9 Å². The lowest BCUT2D eigenvalue weighted by Crippen LogP contribution is -2.41. The van der Waals surface area contributed by atoms with E-state index in [1.165, 1.54) is 36.0 Å². The van der Waals surface area contributed by atoms with Crippen molar-refractivity contribution in [2.75, 3.05) is 16.7 Å². The number of amides is 1. The molecule has 0 bridgehead atoms. The molecule has 39 heavy (non-hydrogen) atoms. The van der Waals surface area contributed by atoms with Gasteiger partial charge in [0.05, 0.1) is 11.2 Å². The molecule has 3 rings (SSSR count). The monoisotopic (exact) mass is 577 g/mol. The summed E-state index contributed by atoms with van der Waals surface area (Å²) in [6, 6.07) is 7.83. The number of anilines is 2. The maximum atomic E-state index is 14.8. The molecule has 2 heterocycles. The first kappa shape index (κ1) is 30.5. The van der Waals surface area contributed by atoms with Crippen LogP contribution in [0, 0.1) is 12.7 Å². The van der Waals surface area contributed by atoms with Gasteiger partial charge in [-0.05, 0) is 79.3 Å². The third kappa shape index (κ3) is 7.52. The largest absolute Gasteiger partial charge is 0.443 e. The molecule has 1 aromatic carbocycles. The van der Waals surface area contributed by atoms with Crippen molar-refractivity contribution in [3.63, 3.8) is 0 Å². The summed E-state index contributed by atoms with van der Waals surface area (Å²) in [5.74, 6) is -0.0417. The minimum absolute atomic E-state index is 0.0665. The summed E-state index contributed by atoms with van der Waals surface area (Å²) >= 11 is 1.15. The Morgan fingerprint density at radius 1 is 1.13 bits per heavy atom. The highest BCUT2D eigenvalue weighted by molar-refractivity contribution is 7.93. The Kier molecular flexibility index (Phi) is 9.03. The van der Waals surface area contributed by atoms with Crippen LogP contribution in [0.2, 0.25) is 0 Å². The fourth-order valence-electron chi connectivity index (χ4n) is 3.56. The Morgan fingerprint density at radius 3 is 2.38 bits per heavy atom. The molecule has 0 aliphatic rings. The number of hydrogen-bond acceptors (Lipinski definition) is 9. The van der Waals surface area contributed by atoms with Crippen molar-refractivity contribution in [2.45, 2.75) is 77.6 Å². The number of aromatic nitrogens is 2. The van der Waals surface area contributed by atoms with E-state index in [-0.39, 0.29) is 34.3 Å². The van der Waals surface area contributed by atoms with E-state index >= 15 is 0 Å². The maximum Gasteiger partial charge on any atom is 0.430 e. The molecule has 0 aliphatic carbocycles. The van der Waals surface area contributed by atoms with Crippen molar-refractivity contribution in [3.05, 3.63) is 63.9 Å². The molecule has 212 valence electrons. The zero-order valence-electron chi connectivity index (χ0n) is 23.6. The first-order valence-electron chi connectivity index (χ1n) is 12.4. The lowest BCUT2D eigenvalue weighted by molar-refractivity contribution is 0.0608. The van der Waals surface area contributed by atoms with E-state index in [0.717, 1.165) is 16.9 Å². The highest BCUT2D eigenvalue weighted by atomic mass is 32.2. The molecule has 0 aliphatic heterocycles. The smallest absolute Gasteiger partial charge is 0.430 e. The quantitative estimate of drug-likeness (QED) is 0.350. The van der Waals surface area contributed by atoms with Crippen molar-refractivity contribution in [2.24, 2.45) is 0 Å². The predicted octanol–water partition coefficient (Wildman–Crippen LogP) is 5.96. The highest BCUT2D eigenvalue weighted by Gasteiger charge is 2.37. The number of carbonyl (C=O) groups excluding carboxylic acids is 1. The molecule has 0 spiro atoms. The molecule has 1 amide bonds. The fourth-order valence-corrected chi connectivity index (χ4v) is 5.58. The first-order valence-corrected chi connectivity index (χ1v) is 14.7. The molecule has 0 unspecified atom stereocenters. The third-order valence-electron chi connectivity index (χ3n) is 5.96. The van der Waals surface area contributed by atoms with E-state index < -0.39 is 21.7 Å². The molecule has 1 N–H and O–H groups in total. The minimum atomic E-state index is -4.40. The van der Waals surface area contributed by atoms with Crippen LogP contribution in [0.5, 0.6) is 0 Å². The van der Waals surface area contributed by atoms with Gasteiger partial charge in [0.2, 0.25) is 0 Å². The second kappa shape index (κ2) is 11.6. The number of ether oxygens (including phenoxy) is 1. The zero-order chi connectivity index (χ0) is 29.2. The van der Waals surface area contributed by atoms with E-state index in [9.17, 15) is 17.6 Å². The second-order valence-electron chi connectivity index (χ2n) is 11.1. The van der Waals surface area contributed by atoms with Gasteiger partial charge >= 0.3 is 6.09 Å². The normalized spacial score (nSPS) is 12.5. The fraction of sp³-hybridized carbons (Fsp3) is 0.444. The number of aryl methyl sites for hydroxylation is 1. The molecular weight excluding hydrogens is 541 g/mol. The Balaban J connectivity index is 1.87. The molecule has 0 saturated heterocycles. The van der Waals surface area contributed by atoms with Gasteiger partial charge < -0.3 is 10.1 Å². The minimum Gasteiger partial charge on any atom is -0.443 e. The number of rotatable bonds is 8. The SMILES string of the molecule is Cc1nc(NCc2c(F)cccc2CN(C)C(C)(C)C)ccc1S(=O)(=O)N(C(=O)OC(C)(C)C)c1cscn1. The molecule has 2 aromatic heterocycles. The summed E-state index contributed by atoms with van der Waals surface area (Å²) in [6.45, 7) is 13.4. The Labute approximate surface area is 234 Å². The van der Waals surface area contributed by atoms with Gasteiger partial charge in [0.15, 0.2) is 5.82 Å². The number of pyridine rings is 1. The van der Waals surface area contributed by atoms with Gasteiger partial charge in [-0.15, -0.1) is 15.6 Å². The van der Waals surface area contributed by atoms with E-state index in [1.54, 1.807) is 26.8 Å². The summed E-state index contributed by atoms with van der Waals surface area (Å²) in [5.41, 5.74) is 1.91. The zero-order valence-corrected chi connectivity index (χ0v) is 25.2. The number of benzene rings is 1. The molecule has 0 atom stereocenters. The van der Waals surface area contributed by atoms with Crippen LogP contribution in [-0.2, 0) is 27.8 Å². The highest BCUT2D eigenvalue weighted by Crippen LogP contribution is 2.28. The van der Waals surface area contributed by atoms with Gasteiger partial charge in [0.25, 0.3) is 10.0 Å². The van der Waals surface area contributed by atoms with Gasteiger partial charge in [-0.25, -0.2) is 27.6 Å². The van der Waals surface area contributed by atoms with Crippen LogP contribution in [0.4, 0.5) is 20.8 Å². The van der Waals surface area contributed by atoms with Crippen molar-refractivity contribution < 1.29 is 22.3 Å². The number of sulfonamides is 1. The Morgan fingerprint density at radius 2 is 1.82 bits per heavy atom. The van der Waals surface area contributed by atoms with Crippen molar-refractivity contribution >= 4 is 39.1 Å². The number of thiazole rings is 1. The molecule has 9 nitrogen and oxygen atoms in total. The summed E-state index contributed by atoms with van der Waals surface area (Å²) in [7, 11) is -2.42. The van der Waals surface area contributed by atoms with Crippen molar-refractivity contribution in [1.29, 1.82) is 0 Å². The van der Waals surface area contributed by atoms with Crippen LogP contribution < -0.4 is 9.62 Å². The molecular formula is C27H36FN5O4S2. The number of carbonyl (C=O) groups is 1. The number of nitrogens with zero attached hydrogens (tertiary/aromatic N) is 4. The summed E-state index contributed by atoms with van der Waals surface area (Å²) in [5, 5.41) is 4.55. The van der Waals surface area contributed by atoms with Gasteiger partial charge in [-0.3, -0.25) is 4.90 Å². The number of halogens is 1. The first-order chi connectivity index (χ1) is 18.0. The van der Waals surface area contributed by atoms with E-state index in [2.05, 4.69) is 41.0 Å². The van der Waals surface area contributed by atoms with Crippen LogP contribution >= 0.6 is 11.3 Å². The topological polar surface area (TPSA) is 105 Å². The van der Waals surface area contributed by atoms with E-state index in [1.807, 2.05) is 13.1 Å². The Bertz CT molecular complexity index is 1410. The predicted molar refractivity (Wildman–Crippen MR) is 152 cm³/mol. The number of hydrogen-bond donors (Lipinski definition) is 1. The average Bonchev–Trinajstić information content (AvgIpc) is 3.30. The maximum absolute atomic E-state index is 14.8. The lowest BCUT2D eigenvalue weighted by atomic mass is 10.0. The van der Waals surface area contributed by atoms with Crippen LogP contribution in [0.1, 0.15) is 58.4 Å². The Hall–Kier alpha value is -3.09. The number of nitrogens with one attached hydrogen (secondary N) is 1. The van der Waals surface area contributed by atoms with Crippen LogP contribution in [0.15, 0.2) is 46.1 Å². The molecule has 3 aromatic rings. The van der Waals surface area contributed by atoms with Gasteiger partial charge in [-0.1, -0.05) is 12.1 Å². The van der Waals surface area contributed by atoms with Gasteiger partial charge in [0, 0.05) is 29.6 Å². The molecule has 0 fully saturated rings. The standard InChI is InChI=1S/C27H36FN5O4S2/c1-18-22(39(35,36)33(24-16-38-17-30-24)25(34)37-27(5,6)7)12-13-23(31-18)29-14-20-19(10-9-11-21(20)28)15-32(8)26(2,3)4/h9-13,16-17H,14-15H2,1-8H3,(H,29,31). The van der Waals surface area contributed by atoms with Gasteiger partial charge in [-0.2, -0.15) is 0 Å². The van der Waals surface area contributed by atoms with E-state index in [4.69, 9.17) is 4.74 Å². The van der Waals surface area contributed by atoms with Crippen LogP contribution in [0.25, 0.3) is 0 Å². The van der Waals surface area contributed by atoms with E-state index in [0.29, 0.717) is 22.2 Å². The molecule has 0 saturated carbocycles. The second-order valence-corrected chi connectivity index (χ2v) is 13.6. The third-order valence-corrected chi connectivity index (χ3v) is 8.34. The summed E-state index contributed by atoms with van der Waals surface area (Å²) in [6.07, 6.45) is -1.07. The molecule has 12 heteroatoms. The summed E-state index contributed by atoms with van der Waals surface area (Å²) < 4.78 is 47.9. The summed E-state index contributed by atoms with van der Waals surface area (Å²) in [4.78, 5) is 23.3. The lowest BCUT2D eigenvalue weighted by Gasteiger charge is -2.32. The van der Waals surface area contributed by atoms with Crippen molar-refractivity contribution in [3.8, 4) is 0 Å². The molecule has 0 radical (unpaired) electrons. The average molecular weight is 578 g/mol.